The number of benzene rings is 1. The van der Waals surface area contributed by atoms with Crippen LogP contribution in [-0.4, -0.2) is 33.0 Å². The number of rotatable bonds is 6. The Hall–Kier alpha value is -1.26. The van der Waals surface area contributed by atoms with Crippen LogP contribution in [0.2, 0.25) is 0 Å². The molecule has 4 heteroatoms. The molecule has 4 nitrogen and oxygen atoms in total. The molecule has 2 rings (SSSR count). The van der Waals surface area contributed by atoms with Crippen molar-refractivity contribution >= 4 is 0 Å². The van der Waals surface area contributed by atoms with Crippen molar-refractivity contribution in [2.24, 2.45) is 0 Å². The Bertz CT molecular complexity index is 434. The summed E-state index contributed by atoms with van der Waals surface area (Å²) in [4.78, 5) is 0. The number of likely N-dealkylation sites (N-methyl/N-ethyl adjacent to an activating group) is 1. The third-order valence-electron chi connectivity index (χ3n) is 3.43. The summed E-state index contributed by atoms with van der Waals surface area (Å²) in [5.74, 6) is 1.67. The Morgan fingerprint density at radius 1 is 1.15 bits per heavy atom. The third-order valence-corrected chi connectivity index (χ3v) is 3.43. The molecule has 0 saturated carbocycles. The maximum absolute atomic E-state index is 5.73. The van der Waals surface area contributed by atoms with Gasteiger partial charge in [-0.1, -0.05) is 6.92 Å². The number of ether oxygens (including phenoxy) is 3. The van der Waals surface area contributed by atoms with E-state index in [-0.39, 0.29) is 6.04 Å². The molecular weight excluding hydrogens is 254 g/mol. The summed E-state index contributed by atoms with van der Waals surface area (Å²) in [6.45, 7) is 9.77. The second-order valence-corrected chi connectivity index (χ2v) is 4.80. The van der Waals surface area contributed by atoms with Gasteiger partial charge in [-0.15, -0.1) is 0 Å². The molecular formula is C16H25NO3. The van der Waals surface area contributed by atoms with Crippen LogP contribution in [0.1, 0.15) is 37.9 Å². The van der Waals surface area contributed by atoms with E-state index in [9.17, 15) is 0 Å². The molecule has 20 heavy (non-hydrogen) atoms. The summed E-state index contributed by atoms with van der Waals surface area (Å²) in [6, 6.07) is 4.46. The molecule has 0 aliphatic carbocycles. The molecule has 0 spiro atoms. The average molecular weight is 279 g/mol. The fourth-order valence-electron chi connectivity index (χ4n) is 2.58. The lowest BCUT2D eigenvalue weighted by Gasteiger charge is -2.20. The maximum atomic E-state index is 5.73. The summed E-state index contributed by atoms with van der Waals surface area (Å²) in [6.07, 6.45) is 0.920. The van der Waals surface area contributed by atoms with E-state index in [1.165, 1.54) is 11.1 Å². The van der Waals surface area contributed by atoms with Crippen molar-refractivity contribution in [3.05, 3.63) is 23.3 Å². The van der Waals surface area contributed by atoms with Gasteiger partial charge in [-0.2, -0.15) is 0 Å². The first-order valence-corrected chi connectivity index (χ1v) is 7.53. The normalized spacial score (nSPS) is 18.2. The van der Waals surface area contributed by atoms with Gasteiger partial charge in [-0.25, -0.2) is 0 Å². The topological polar surface area (TPSA) is 39.7 Å². The minimum Gasteiger partial charge on any atom is -0.490 e. The fraction of sp³-hybridized carbons (Fsp3) is 0.625. The van der Waals surface area contributed by atoms with Gasteiger partial charge in [0.05, 0.1) is 32.5 Å². The van der Waals surface area contributed by atoms with Gasteiger partial charge in [0.15, 0.2) is 11.5 Å². The summed E-state index contributed by atoms with van der Waals surface area (Å²) >= 11 is 0. The van der Waals surface area contributed by atoms with E-state index in [2.05, 4.69) is 24.4 Å². The SMILES string of the molecule is CCNC1COCCc2cc(OCC)c(OCC)cc21. The molecule has 0 radical (unpaired) electrons. The zero-order chi connectivity index (χ0) is 14.4. The highest BCUT2D eigenvalue weighted by molar-refractivity contribution is 5.49. The molecule has 0 aromatic heterocycles. The molecule has 1 atom stereocenters. The van der Waals surface area contributed by atoms with E-state index in [0.29, 0.717) is 19.8 Å². The molecule has 1 unspecified atom stereocenters. The molecule has 1 N–H and O–H groups in total. The van der Waals surface area contributed by atoms with Crippen LogP contribution in [0.15, 0.2) is 12.1 Å². The highest BCUT2D eigenvalue weighted by atomic mass is 16.5. The molecule has 1 aliphatic rings. The predicted molar refractivity (Wildman–Crippen MR) is 79.7 cm³/mol. The lowest BCUT2D eigenvalue weighted by atomic mass is 9.98. The second kappa shape index (κ2) is 7.50. The molecule has 1 aromatic rings. The van der Waals surface area contributed by atoms with Crippen molar-refractivity contribution in [3.63, 3.8) is 0 Å². The van der Waals surface area contributed by atoms with Crippen LogP contribution in [0.4, 0.5) is 0 Å². The predicted octanol–water partition coefficient (Wildman–Crippen LogP) is 2.71. The van der Waals surface area contributed by atoms with Crippen molar-refractivity contribution in [1.29, 1.82) is 0 Å². The van der Waals surface area contributed by atoms with Crippen molar-refractivity contribution in [2.75, 3.05) is 33.0 Å². The largest absolute Gasteiger partial charge is 0.490 e. The van der Waals surface area contributed by atoms with Gasteiger partial charge in [-0.3, -0.25) is 0 Å². The lowest BCUT2D eigenvalue weighted by molar-refractivity contribution is 0.122. The minimum absolute atomic E-state index is 0.229. The Balaban J connectivity index is 2.39. The highest BCUT2D eigenvalue weighted by Crippen LogP contribution is 2.35. The first-order valence-electron chi connectivity index (χ1n) is 7.53. The first-order chi connectivity index (χ1) is 9.80. The van der Waals surface area contributed by atoms with Gasteiger partial charge in [-0.05, 0) is 50.1 Å². The summed E-state index contributed by atoms with van der Waals surface area (Å²) in [7, 11) is 0. The van der Waals surface area contributed by atoms with E-state index < -0.39 is 0 Å². The van der Waals surface area contributed by atoms with Gasteiger partial charge < -0.3 is 19.5 Å². The van der Waals surface area contributed by atoms with Gasteiger partial charge in [0.2, 0.25) is 0 Å². The maximum Gasteiger partial charge on any atom is 0.161 e. The van der Waals surface area contributed by atoms with Crippen molar-refractivity contribution in [3.8, 4) is 11.5 Å². The second-order valence-electron chi connectivity index (χ2n) is 4.80. The summed E-state index contributed by atoms with van der Waals surface area (Å²) < 4.78 is 17.1. The van der Waals surface area contributed by atoms with E-state index in [4.69, 9.17) is 14.2 Å². The fourth-order valence-corrected chi connectivity index (χ4v) is 2.58. The summed E-state index contributed by atoms with van der Waals surface area (Å²) in [5.41, 5.74) is 2.57. The molecule has 112 valence electrons. The monoisotopic (exact) mass is 279 g/mol. The Kier molecular flexibility index (Phi) is 5.68. The molecule has 0 saturated heterocycles. The standard InChI is InChI=1S/C16H25NO3/c1-4-17-14-11-18-8-7-12-9-15(19-5-2)16(20-6-3)10-13(12)14/h9-10,14,17H,4-8,11H2,1-3H3. The van der Waals surface area contributed by atoms with Crippen molar-refractivity contribution < 1.29 is 14.2 Å². The highest BCUT2D eigenvalue weighted by Gasteiger charge is 2.21. The van der Waals surface area contributed by atoms with Crippen molar-refractivity contribution in [2.45, 2.75) is 33.2 Å². The Labute approximate surface area is 121 Å². The van der Waals surface area contributed by atoms with E-state index in [1.54, 1.807) is 0 Å². The zero-order valence-corrected chi connectivity index (χ0v) is 12.7. The van der Waals surface area contributed by atoms with Crippen LogP contribution >= 0.6 is 0 Å². The quantitative estimate of drug-likeness (QED) is 0.869. The Morgan fingerprint density at radius 3 is 2.50 bits per heavy atom. The van der Waals surface area contributed by atoms with Crippen LogP contribution in [0, 0.1) is 0 Å². The molecule has 1 aliphatic heterocycles. The zero-order valence-electron chi connectivity index (χ0n) is 12.7. The van der Waals surface area contributed by atoms with E-state index >= 15 is 0 Å². The molecule has 0 fully saturated rings. The number of fused-ring (bicyclic) bond motifs is 1. The van der Waals surface area contributed by atoms with Gasteiger partial charge in [0, 0.05) is 0 Å². The average Bonchev–Trinajstić information content (AvgIpc) is 2.63. The number of nitrogens with one attached hydrogen (secondary N) is 1. The van der Waals surface area contributed by atoms with Crippen LogP contribution < -0.4 is 14.8 Å². The first kappa shape index (κ1) is 15.1. The van der Waals surface area contributed by atoms with Crippen LogP contribution in [-0.2, 0) is 11.2 Å². The number of hydrogen-bond donors (Lipinski definition) is 1. The smallest absolute Gasteiger partial charge is 0.161 e. The van der Waals surface area contributed by atoms with Crippen LogP contribution in [0.5, 0.6) is 11.5 Å². The minimum atomic E-state index is 0.229. The number of hydrogen-bond acceptors (Lipinski definition) is 4. The molecule has 0 amide bonds. The van der Waals surface area contributed by atoms with Crippen LogP contribution in [0.3, 0.4) is 0 Å². The Morgan fingerprint density at radius 2 is 1.85 bits per heavy atom. The van der Waals surface area contributed by atoms with Crippen LogP contribution in [0.25, 0.3) is 0 Å². The van der Waals surface area contributed by atoms with Crippen molar-refractivity contribution in [1.82, 2.24) is 5.32 Å². The van der Waals surface area contributed by atoms with Gasteiger partial charge >= 0.3 is 0 Å². The lowest BCUT2D eigenvalue weighted by Crippen LogP contribution is -2.25. The van der Waals surface area contributed by atoms with Gasteiger partial charge in [0.25, 0.3) is 0 Å². The molecule has 1 aromatic carbocycles. The molecule has 0 bridgehead atoms. The third kappa shape index (κ3) is 3.44. The van der Waals surface area contributed by atoms with Gasteiger partial charge in [0.1, 0.15) is 0 Å². The molecule has 1 heterocycles. The van der Waals surface area contributed by atoms with E-state index in [0.717, 1.165) is 31.1 Å². The van der Waals surface area contributed by atoms with E-state index in [1.807, 2.05) is 13.8 Å². The summed E-state index contributed by atoms with van der Waals surface area (Å²) in [5, 5.41) is 3.48.